The number of carbonyl (C=O) groups is 1. The van der Waals surface area contributed by atoms with Crippen molar-refractivity contribution in [3.8, 4) is 11.3 Å². The van der Waals surface area contributed by atoms with Crippen molar-refractivity contribution >= 4 is 39.9 Å². The number of aromatic nitrogens is 5. The number of hydrogen-bond acceptors (Lipinski definition) is 6. The molecule has 0 aliphatic carbocycles. The molecule has 10 heteroatoms. The smallest absolute Gasteiger partial charge is 0.263 e. The van der Waals surface area contributed by atoms with Crippen molar-refractivity contribution in [3.63, 3.8) is 0 Å². The molecule has 163 valence electrons. The maximum atomic E-state index is 12.6. The van der Waals surface area contributed by atoms with Gasteiger partial charge in [0.1, 0.15) is 18.0 Å². The van der Waals surface area contributed by atoms with Crippen LogP contribution < -0.4 is 0 Å². The molecule has 2 fully saturated rings. The maximum absolute atomic E-state index is 12.6. The minimum atomic E-state index is 0.0986. The molecular formula is C22H21ClN7OS. The van der Waals surface area contributed by atoms with E-state index in [2.05, 4.69) is 31.1 Å². The lowest BCUT2D eigenvalue weighted by Gasteiger charge is -2.46. The highest BCUT2D eigenvalue weighted by molar-refractivity contribution is 7.17. The minimum Gasteiger partial charge on any atom is -0.346 e. The maximum Gasteiger partial charge on any atom is 0.263 e. The predicted octanol–water partition coefficient (Wildman–Crippen LogP) is 3.54. The summed E-state index contributed by atoms with van der Waals surface area (Å²) in [7, 11) is 0. The van der Waals surface area contributed by atoms with Crippen LogP contribution >= 0.6 is 22.9 Å². The Bertz CT molecular complexity index is 1270. The molecule has 0 bridgehead atoms. The first-order chi connectivity index (χ1) is 15.7. The molecule has 2 saturated heterocycles. The molecule has 4 aromatic heterocycles. The number of carbonyl (C=O) groups excluding carboxylic acids is 1. The van der Waals surface area contributed by atoms with E-state index in [1.54, 1.807) is 12.4 Å². The number of aromatic amines is 1. The zero-order chi connectivity index (χ0) is 21.7. The van der Waals surface area contributed by atoms with Crippen molar-refractivity contribution in [2.75, 3.05) is 26.2 Å². The van der Waals surface area contributed by atoms with Gasteiger partial charge in [-0.25, -0.2) is 9.97 Å². The molecular weight excluding hydrogens is 446 g/mol. The second-order valence-electron chi connectivity index (χ2n) is 8.23. The zero-order valence-corrected chi connectivity index (χ0v) is 18.8. The molecule has 0 unspecified atom stereocenters. The Morgan fingerprint density at radius 2 is 2.00 bits per heavy atom. The van der Waals surface area contributed by atoms with Gasteiger partial charge in [-0.1, -0.05) is 11.6 Å². The van der Waals surface area contributed by atoms with Crippen molar-refractivity contribution in [2.24, 2.45) is 0 Å². The average molecular weight is 467 g/mol. The number of thiophene rings is 1. The summed E-state index contributed by atoms with van der Waals surface area (Å²) in [5.41, 5.74) is 2.71. The molecule has 0 atom stereocenters. The summed E-state index contributed by atoms with van der Waals surface area (Å²) < 4.78 is 2.64. The van der Waals surface area contributed by atoms with Crippen LogP contribution in [0.2, 0.25) is 4.34 Å². The second-order valence-corrected chi connectivity index (χ2v) is 9.95. The van der Waals surface area contributed by atoms with Gasteiger partial charge in [-0.15, -0.1) is 11.3 Å². The lowest BCUT2D eigenvalue weighted by molar-refractivity contribution is 0.0518. The van der Waals surface area contributed by atoms with Crippen LogP contribution in [-0.4, -0.2) is 72.7 Å². The number of hydrogen-bond donors (Lipinski definition) is 1. The Kier molecular flexibility index (Phi) is 4.97. The van der Waals surface area contributed by atoms with Gasteiger partial charge in [0.25, 0.3) is 5.91 Å². The first-order valence-electron chi connectivity index (χ1n) is 10.6. The van der Waals surface area contributed by atoms with E-state index in [-0.39, 0.29) is 5.91 Å². The molecule has 8 nitrogen and oxygen atoms in total. The molecule has 0 aromatic carbocycles. The molecule has 2 aliphatic heterocycles. The Morgan fingerprint density at radius 1 is 1.16 bits per heavy atom. The van der Waals surface area contributed by atoms with E-state index in [0.29, 0.717) is 10.4 Å². The number of likely N-dealkylation sites (tertiary alicyclic amines) is 2. The van der Waals surface area contributed by atoms with Gasteiger partial charge >= 0.3 is 0 Å². The number of rotatable bonds is 4. The second kappa shape index (κ2) is 7.99. The van der Waals surface area contributed by atoms with Crippen molar-refractivity contribution < 1.29 is 4.79 Å². The Hall–Kier alpha value is -2.75. The van der Waals surface area contributed by atoms with Crippen LogP contribution in [0.5, 0.6) is 0 Å². The van der Waals surface area contributed by atoms with E-state index in [1.807, 2.05) is 34.1 Å². The Labute approximate surface area is 193 Å². The van der Waals surface area contributed by atoms with Crippen molar-refractivity contribution in [1.82, 2.24) is 34.5 Å². The molecule has 6 rings (SSSR count). The largest absolute Gasteiger partial charge is 0.346 e. The summed E-state index contributed by atoms with van der Waals surface area (Å²) in [6.45, 7) is 3.39. The van der Waals surface area contributed by atoms with Gasteiger partial charge in [0.05, 0.1) is 21.1 Å². The summed E-state index contributed by atoms with van der Waals surface area (Å²) in [5, 5.41) is 5.57. The number of piperidine rings is 1. The molecule has 6 heterocycles. The van der Waals surface area contributed by atoms with Crippen LogP contribution in [0.1, 0.15) is 22.5 Å². The van der Waals surface area contributed by atoms with Gasteiger partial charge in [-0.2, -0.15) is 5.10 Å². The normalized spacial score (nSPS) is 18.3. The van der Waals surface area contributed by atoms with E-state index in [9.17, 15) is 4.79 Å². The highest BCUT2D eigenvalue weighted by Crippen LogP contribution is 2.31. The van der Waals surface area contributed by atoms with Gasteiger partial charge in [0.2, 0.25) is 0 Å². The van der Waals surface area contributed by atoms with Gasteiger partial charge in [-0.05, 0) is 31.0 Å². The highest BCUT2D eigenvalue weighted by Gasteiger charge is 2.37. The molecule has 1 radical (unpaired) electrons. The van der Waals surface area contributed by atoms with Crippen molar-refractivity contribution in [1.29, 1.82) is 0 Å². The fraction of sp³-hybridized carbons (Fsp3) is 0.318. The topological polar surface area (TPSA) is 82.9 Å². The zero-order valence-electron chi connectivity index (χ0n) is 17.2. The lowest BCUT2D eigenvalue weighted by atomic mass is 9.97. The van der Waals surface area contributed by atoms with Crippen LogP contribution in [-0.2, 0) is 0 Å². The van der Waals surface area contributed by atoms with Gasteiger partial charge in [0.15, 0.2) is 0 Å². The first-order valence-corrected chi connectivity index (χ1v) is 11.8. The molecule has 2 aliphatic rings. The summed E-state index contributed by atoms with van der Waals surface area (Å²) in [4.78, 5) is 29.6. The van der Waals surface area contributed by atoms with Gasteiger partial charge < -0.3 is 9.88 Å². The number of H-pyrrole nitrogens is 1. The fourth-order valence-corrected chi connectivity index (χ4v) is 5.58. The summed E-state index contributed by atoms with van der Waals surface area (Å²) in [6, 6.07) is 7.38. The predicted molar refractivity (Wildman–Crippen MR) is 124 cm³/mol. The summed E-state index contributed by atoms with van der Waals surface area (Å²) in [5.74, 6) is 0.0986. The standard InChI is InChI=1S/C22H21ClN7OS/c23-19-2-1-18(32-19)22(31)28-7-4-15(5-8-28)29-11-16(12-29)30-10-14(9-27-30)20-17-3-6-24-21(17)26-13-25-20/h1-3,6,9-10,13,15H,4-5,7-8,11-12H2,(H,24,25,26). The van der Waals surface area contributed by atoms with Crippen LogP contribution in [0, 0.1) is 6.04 Å². The van der Waals surface area contributed by atoms with Gasteiger partial charge in [-0.3, -0.25) is 14.4 Å². The van der Waals surface area contributed by atoms with E-state index >= 15 is 0 Å². The monoisotopic (exact) mass is 466 g/mol. The minimum absolute atomic E-state index is 0.0986. The van der Waals surface area contributed by atoms with Crippen LogP contribution in [0.3, 0.4) is 0 Å². The number of nitrogens with one attached hydrogen (secondary N) is 1. The number of fused-ring (bicyclic) bond motifs is 1. The van der Waals surface area contributed by atoms with E-state index in [1.165, 1.54) is 17.4 Å². The highest BCUT2D eigenvalue weighted by atomic mass is 35.5. The van der Waals surface area contributed by atoms with Gasteiger partial charge in [0, 0.05) is 55.6 Å². The van der Waals surface area contributed by atoms with E-state index in [4.69, 9.17) is 11.6 Å². The molecule has 0 spiro atoms. The Morgan fingerprint density at radius 3 is 2.78 bits per heavy atom. The van der Waals surface area contributed by atoms with E-state index < -0.39 is 0 Å². The fourth-order valence-electron chi connectivity index (χ4n) is 4.57. The molecule has 1 amide bonds. The van der Waals surface area contributed by atoms with Crippen LogP contribution in [0.4, 0.5) is 0 Å². The first kappa shape index (κ1) is 19.9. The van der Waals surface area contributed by atoms with Crippen LogP contribution in [0.25, 0.3) is 22.3 Å². The summed E-state index contributed by atoms with van der Waals surface area (Å²) in [6.07, 6.45) is 9.36. The third kappa shape index (κ3) is 3.50. The lowest BCUT2D eigenvalue weighted by Crippen LogP contribution is -2.56. The van der Waals surface area contributed by atoms with Crippen LogP contribution in [0.15, 0.2) is 43.1 Å². The molecule has 4 aromatic rings. The number of nitrogens with zero attached hydrogens (tertiary/aromatic N) is 6. The summed E-state index contributed by atoms with van der Waals surface area (Å²) >= 11 is 7.33. The number of halogens is 1. The quantitative estimate of drug-likeness (QED) is 0.497. The third-order valence-corrected chi connectivity index (χ3v) is 7.58. The van der Waals surface area contributed by atoms with Crippen molar-refractivity contribution in [2.45, 2.75) is 18.9 Å². The Balaban J connectivity index is 1.05. The molecule has 1 N–H and O–H groups in total. The average Bonchev–Trinajstić information content (AvgIpc) is 3.53. The molecule has 0 saturated carbocycles. The third-order valence-electron chi connectivity index (χ3n) is 6.36. The van der Waals surface area contributed by atoms with Crippen molar-refractivity contribution in [3.05, 3.63) is 58.4 Å². The van der Waals surface area contributed by atoms with E-state index in [0.717, 1.165) is 66.2 Å². The SMILES string of the molecule is O=C(c1ccc(Cl)s1)N1CCC(N2C[C](n3cc(-c4ncnc5[nH]ccc45)cn3)C2)CC1. The molecule has 32 heavy (non-hydrogen) atoms. The number of amides is 1.